The molecule has 11 heteroatoms. The zero-order chi connectivity index (χ0) is 23.2. The van der Waals surface area contributed by atoms with Gasteiger partial charge in [0.05, 0.1) is 16.6 Å². The molecule has 1 aliphatic carbocycles. The fourth-order valence-corrected chi connectivity index (χ4v) is 3.37. The van der Waals surface area contributed by atoms with Gasteiger partial charge >= 0.3 is 12.1 Å². The maximum Gasteiger partial charge on any atom is 0.433 e. The first-order chi connectivity index (χ1) is 15.8. The molecule has 0 bridgehead atoms. The molecule has 0 unspecified atom stereocenters. The molecule has 0 aliphatic heterocycles. The van der Waals surface area contributed by atoms with Crippen LogP contribution in [0.25, 0.3) is 34.2 Å². The molecule has 4 heterocycles. The highest BCUT2D eigenvalue weighted by molar-refractivity contribution is 6.19. The second kappa shape index (κ2) is 7.76. The van der Waals surface area contributed by atoms with Crippen LogP contribution >= 0.6 is 0 Å². The van der Waals surface area contributed by atoms with E-state index in [-0.39, 0.29) is 22.9 Å². The van der Waals surface area contributed by atoms with E-state index >= 15 is 0 Å². The lowest BCUT2D eigenvalue weighted by Crippen LogP contribution is -2.10. The van der Waals surface area contributed by atoms with Crippen molar-refractivity contribution in [3.63, 3.8) is 0 Å². The van der Waals surface area contributed by atoms with Crippen LogP contribution in [0.3, 0.4) is 0 Å². The predicted molar refractivity (Wildman–Crippen MR) is 112 cm³/mol. The van der Waals surface area contributed by atoms with Gasteiger partial charge in [0, 0.05) is 41.3 Å². The standard InChI is InChI=1S/C22H15F3N6O2/c23-22(24,25)19-8-13(6-17(29-19)12-3-4-12)20-28-11-31(30-20)10-15(21(32)33)14-7-18-16(27-9-14)2-1-5-26-18/h1-2,5-12H,3-4H2,(H,32,33)/b15-10+. The highest BCUT2D eigenvalue weighted by atomic mass is 19.4. The molecular formula is C22H15F3N6O2. The predicted octanol–water partition coefficient (Wildman–Crippen LogP) is 4.26. The van der Waals surface area contributed by atoms with Crippen LogP contribution in [-0.2, 0) is 11.0 Å². The van der Waals surface area contributed by atoms with Gasteiger partial charge in [-0.3, -0.25) is 9.97 Å². The number of carboxylic acid groups (broad SMARTS) is 1. The maximum atomic E-state index is 13.3. The molecular weight excluding hydrogens is 437 g/mol. The Kier molecular flexibility index (Phi) is 4.88. The topological polar surface area (TPSA) is 107 Å². The zero-order valence-corrected chi connectivity index (χ0v) is 16.9. The van der Waals surface area contributed by atoms with E-state index in [0.29, 0.717) is 22.3 Å². The van der Waals surface area contributed by atoms with E-state index in [2.05, 4.69) is 25.0 Å². The minimum atomic E-state index is -4.60. The van der Waals surface area contributed by atoms with Gasteiger partial charge < -0.3 is 5.11 Å². The Morgan fingerprint density at radius 3 is 2.67 bits per heavy atom. The van der Waals surface area contributed by atoms with E-state index in [4.69, 9.17) is 0 Å². The molecule has 1 saturated carbocycles. The average Bonchev–Trinajstić information content (AvgIpc) is 3.54. The minimum Gasteiger partial charge on any atom is -0.478 e. The van der Waals surface area contributed by atoms with Crippen LogP contribution in [0.1, 0.15) is 35.7 Å². The molecule has 4 aromatic rings. The van der Waals surface area contributed by atoms with Gasteiger partial charge in [-0.05, 0) is 43.2 Å². The molecule has 33 heavy (non-hydrogen) atoms. The van der Waals surface area contributed by atoms with Gasteiger partial charge in [-0.25, -0.2) is 19.4 Å². The summed E-state index contributed by atoms with van der Waals surface area (Å²) in [4.78, 5) is 28.1. The summed E-state index contributed by atoms with van der Waals surface area (Å²) in [5.41, 5.74) is 0.812. The molecule has 0 saturated heterocycles. The summed E-state index contributed by atoms with van der Waals surface area (Å²) in [7, 11) is 0. The van der Waals surface area contributed by atoms with Crippen molar-refractivity contribution in [2.45, 2.75) is 24.9 Å². The number of hydrogen-bond donors (Lipinski definition) is 1. The van der Waals surface area contributed by atoms with Crippen molar-refractivity contribution in [1.29, 1.82) is 0 Å². The first kappa shape index (κ1) is 20.7. The molecule has 0 amide bonds. The number of fused-ring (bicyclic) bond motifs is 1. The molecule has 1 N–H and O–H groups in total. The molecule has 1 aliphatic rings. The van der Waals surface area contributed by atoms with Gasteiger partial charge in [-0.2, -0.15) is 13.2 Å². The van der Waals surface area contributed by atoms with E-state index in [1.165, 1.54) is 18.7 Å². The molecule has 0 aromatic carbocycles. The monoisotopic (exact) mass is 452 g/mol. The van der Waals surface area contributed by atoms with Crippen LogP contribution in [-0.4, -0.2) is 40.8 Å². The highest BCUT2D eigenvalue weighted by Crippen LogP contribution is 2.41. The van der Waals surface area contributed by atoms with E-state index in [1.807, 2.05) is 0 Å². The van der Waals surface area contributed by atoms with E-state index in [0.717, 1.165) is 23.6 Å². The van der Waals surface area contributed by atoms with Crippen molar-refractivity contribution in [3.8, 4) is 11.4 Å². The Morgan fingerprint density at radius 1 is 1.12 bits per heavy atom. The SMILES string of the molecule is O=C(O)/C(=C/n1cnc(-c2cc(C3CC3)nc(C(F)(F)F)c2)n1)c1cnc2cccnc2c1. The first-order valence-corrected chi connectivity index (χ1v) is 9.95. The molecule has 5 rings (SSSR count). The van der Waals surface area contributed by atoms with Crippen LogP contribution in [0.4, 0.5) is 13.2 Å². The number of nitrogens with zero attached hydrogens (tertiary/aromatic N) is 6. The Hall–Kier alpha value is -4.15. The van der Waals surface area contributed by atoms with Crippen LogP contribution < -0.4 is 0 Å². The summed E-state index contributed by atoms with van der Waals surface area (Å²) < 4.78 is 41.1. The second-order valence-electron chi connectivity index (χ2n) is 7.60. The lowest BCUT2D eigenvalue weighted by atomic mass is 10.1. The van der Waals surface area contributed by atoms with Gasteiger partial charge in [-0.1, -0.05) is 0 Å². The first-order valence-electron chi connectivity index (χ1n) is 9.95. The van der Waals surface area contributed by atoms with Crippen LogP contribution in [0.2, 0.25) is 0 Å². The lowest BCUT2D eigenvalue weighted by Gasteiger charge is -2.09. The normalized spacial score (nSPS) is 14.6. The van der Waals surface area contributed by atoms with Crippen molar-refractivity contribution < 1.29 is 23.1 Å². The molecule has 8 nitrogen and oxygen atoms in total. The molecule has 166 valence electrons. The van der Waals surface area contributed by atoms with Crippen molar-refractivity contribution >= 4 is 28.8 Å². The number of rotatable bonds is 5. The van der Waals surface area contributed by atoms with E-state index in [9.17, 15) is 23.1 Å². The molecule has 0 spiro atoms. The fourth-order valence-electron chi connectivity index (χ4n) is 3.37. The summed E-state index contributed by atoms with van der Waals surface area (Å²) in [5, 5.41) is 13.9. The summed E-state index contributed by atoms with van der Waals surface area (Å²) in [5.74, 6) is -1.20. The Labute approximate surface area is 184 Å². The van der Waals surface area contributed by atoms with E-state index < -0.39 is 17.8 Å². The number of aliphatic carboxylic acids is 1. The van der Waals surface area contributed by atoms with Gasteiger partial charge in [0.25, 0.3) is 0 Å². The Bertz CT molecular complexity index is 1410. The smallest absolute Gasteiger partial charge is 0.433 e. The van der Waals surface area contributed by atoms with Gasteiger partial charge in [0.2, 0.25) is 0 Å². The number of pyridine rings is 3. The molecule has 0 atom stereocenters. The maximum absolute atomic E-state index is 13.3. The number of aromatic nitrogens is 6. The number of halogens is 3. The van der Waals surface area contributed by atoms with Gasteiger partial charge in [0.15, 0.2) is 5.82 Å². The van der Waals surface area contributed by atoms with Crippen molar-refractivity contribution in [1.82, 2.24) is 29.7 Å². The third-order valence-corrected chi connectivity index (χ3v) is 5.15. The van der Waals surface area contributed by atoms with Crippen LogP contribution in [0.5, 0.6) is 0 Å². The largest absolute Gasteiger partial charge is 0.478 e. The quantitative estimate of drug-likeness (QED) is 0.451. The molecule has 4 aromatic heterocycles. The number of alkyl halides is 3. The summed E-state index contributed by atoms with van der Waals surface area (Å²) in [6.45, 7) is 0. The number of carboxylic acids is 1. The lowest BCUT2D eigenvalue weighted by molar-refractivity contribution is -0.141. The summed E-state index contributed by atoms with van der Waals surface area (Å²) in [6.07, 6.45) is 2.40. The van der Waals surface area contributed by atoms with Crippen molar-refractivity contribution in [2.24, 2.45) is 0 Å². The average molecular weight is 452 g/mol. The Morgan fingerprint density at radius 2 is 1.94 bits per heavy atom. The third-order valence-electron chi connectivity index (χ3n) is 5.15. The Balaban J connectivity index is 1.53. The zero-order valence-electron chi connectivity index (χ0n) is 16.9. The van der Waals surface area contributed by atoms with Gasteiger partial charge in [-0.15, -0.1) is 5.10 Å². The van der Waals surface area contributed by atoms with Gasteiger partial charge in [0.1, 0.15) is 12.0 Å². The van der Waals surface area contributed by atoms with Crippen molar-refractivity contribution in [2.75, 3.05) is 0 Å². The minimum absolute atomic E-state index is 0.000609. The summed E-state index contributed by atoms with van der Waals surface area (Å²) in [6, 6.07) is 7.50. The van der Waals surface area contributed by atoms with Crippen LogP contribution in [0.15, 0.2) is 49.1 Å². The molecule has 1 fully saturated rings. The number of carbonyl (C=O) groups is 1. The third kappa shape index (κ3) is 4.29. The van der Waals surface area contributed by atoms with E-state index in [1.54, 1.807) is 30.5 Å². The van der Waals surface area contributed by atoms with Crippen molar-refractivity contribution in [3.05, 3.63) is 66.0 Å². The second-order valence-corrected chi connectivity index (χ2v) is 7.60. The highest BCUT2D eigenvalue weighted by Gasteiger charge is 2.35. The fraction of sp³-hybridized carbons (Fsp3) is 0.182. The summed E-state index contributed by atoms with van der Waals surface area (Å²) >= 11 is 0. The molecule has 0 radical (unpaired) electrons. The van der Waals surface area contributed by atoms with Crippen LogP contribution in [0, 0.1) is 0 Å². The number of hydrogen-bond acceptors (Lipinski definition) is 6.